The van der Waals surface area contributed by atoms with E-state index in [1.54, 1.807) is 12.1 Å². The number of aromatic hydroxyl groups is 1. The fraction of sp³-hybridized carbons (Fsp3) is 0.409. The van der Waals surface area contributed by atoms with Crippen molar-refractivity contribution >= 4 is 11.0 Å². The maximum absolute atomic E-state index is 13.5. The number of nitrogens with one attached hydrogen (secondary N) is 1. The monoisotopic (exact) mass is 381 g/mol. The second kappa shape index (κ2) is 7.18. The number of nitrogens with zero attached hydrogens (tertiary/aromatic N) is 2. The molecule has 1 atom stereocenters. The Balaban J connectivity index is 1.46. The summed E-state index contributed by atoms with van der Waals surface area (Å²) in [6.45, 7) is 4.16. The van der Waals surface area contributed by atoms with Crippen LogP contribution < -0.4 is 5.32 Å². The maximum Gasteiger partial charge on any atom is 0.170 e. The lowest BCUT2D eigenvalue weighted by molar-refractivity contribution is 0.218. The van der Waals surface area contributed by atoms with Crippen LogP contribution in [0.15, 0.2) is 34.9 Å². The molecule has 0 radical (unpaired) electrons. The summed E-state index contributed by atoms with van der Waals surface area (Å²) in [7, 11) is 0. The molecule has 28 heavy (non-hydrogen) atoms. The highest BCUT2D eigenvalue weighted by atomic mass is 19.1. The Morgan fingerprint density at radius 2 is 2.04 bits per heavy atom. The lowest BCUT2D eigenvalue weighted by atomic mass is 9.94. The first kappa shape index (κ1) is 17.6. The normalized spacial score (nSPS) is 20.0. The zero-order chi connectivity index (χ0) is 19.1. The fourth-order valence-corrected chi connectivity index (χ4v) is 4.61. The van der Waals surface area contributed by atoms with Crippen molar-refractivity contribution in [1.82, 2.24) is 15.4 Å². The third-order valence-corrected chi connectivity index (χ3v) is 6.08. The van der Waals surface area contributed by atoms with Gasteiger partial charge in [-0.2, -0.15) is 0 Å². The molecule has 3 heterocycles. The molecule has 0 spiro atoms. The lowest BCUT2D eigenvalue weighted by Gasteiger charge is -2.27. The highest BCUT2D eigenvalue weighted by Crippen LogP contribution is 2.42. The largest absolute Gasteiger partial charge is 0.507 e. The molecule has 6 heteroatoms. The summed E-state index contributed by atoms with van der Waals surface area (Å²) in [5.41, 5.74) is 3.92. The minimum Gasteiger partial charge on any atom is -0.507 e. The summed E-state index contributed by atoms with van der Waals surface area (Å²) < 4.78 is 18.8. The van der Waals surface area contributed by atoms with Gasteiger partial charge >= 0.3 is 0 Å². The molecule has 0 amide bonds. The lowest BCUT2D eigenvalue weighted by Crippen LogP contribution is -2.32. The van der Waals surface area contributed by atoms with Gasteiger partial charge in [-0.15, -0.1) is 0 Å². The van der Waals surface area contributed by atoms with Crippen LogP contribution in [-0.2, 0) is 6.54 Å². The topological polar surface area (TPSA) is 61.5 Å². The summed E-state index contributed by atoms with van der Waals surface area (Å²) in [5.74, 6) is -0.186. The third-order valence-electron chi connectivity index (χ3n) is 6.08. The van der Waals surface area contributed by atoms with E-state index in [2.05, 4.69) is 15.4 Å². The molecule has 3 aromatic rings. The molecule has 146 valence electrons. The van der Waals surface area contributed by atoms with Crippen molar-refractivity contribution < 1.29 is 14.0 Å². The van der Waals surface area contributed by atoms with Gasteiger partial charge in [0.2, 0.25) is 0 Å². The van der Waals surface area contributed by atoms with E-state index in [1.165, 1.54) is 50.0 Å². The molecule has 2 aliphatic rings. The Hall–Kier alpha value is -2.44. The average Bonchev–Trinajstić information content (AvgIpc) is 3.31. The molecule has 0 saturated carbocycles. The van der Waals surface area contributed by atoms with Crippen LogP contribution in [0.3, 0.4) is 0 Å². The van der Waals surface area contributed by atoms with Crippen LogP contribution in [0.2, 0.25) is 0 Å². The first-order valence-electron chi connectivity index (χ1n) is 10.1. The van der Waals surface area contributed by atoms with Gasteiger partial charge in [0.1, 0.15) is 17.3 Å². The van der Waals surface area contributed by atoms with Gasteiger partial charge in [-0.3, -0.25) is 0 Å². The van der Waals surface area contributed by atoms with E-state index in [4.69, 9.17) is 4.52 Å². The van der Waals surface area contributed by atoms with Gasteiger partial charge in [-0.05, 0) is 68.2 Å². The van der Waals surface area contributed by atoms with Gasteiger partial charge in [-0.25, -0.2) is 4.39 Å². The van der Waals surface area contributed by atoms with Crippen LogP contribution in [0.1, 0.15) is 42.9 Å². The Kier molecular flexibility index (Phi) is 4.53. The number of hydrogen-bond acceptors (Lipinski definition) is 5. The van der Waals surface area contributed by atoms with Gasteiger partial charge in [0, 0.05) is 18.7 Å². The van der Waals surface area contributed by atoms with Crippen LogP contribution in [0.5, 0.6) is 5.75 Å². The zero-order valence-electron chi connectivity index (χ0n) is 15.7. The molecule has 2 aromatic carbocycles. The molecule has 2 aliphatic heterocycles. The highest BCUT2D eigenvalue weighted by molar-refractivity contribution is 5.94. The number of phenols is 1. The van der Waals surface area contributed by atoms with Gasteiger partial charge in [0.15, 0.2) is 5.58 Å². The highest BCUT2D eigenvalue weighted by Gasteiger charge is 2.29. The van der Waals surface area contributed by atoms with E-state index in [0.29, 0.717) is 28.8 Å². The summed E-state index contributed by atoms with van der Waals surface area (Å²) in [6, 6.07) is 8.39. The minimum atomic E-state index is -0.364. The van der Waals surface area contributed by atoms with Crippen molar-refractivity contribution in [2.24, 2.45) is 0 Å². The smallest absolute Gasteiger partial charge is 0.170 e. The third kappa shape index (κ3) is 3.06. The predicted molar refractivity (Wildman–Crippen MR) is 106 cm³/mol. The predicted octanol–water partition coefficient (Wildman–Crippen LogP) is 4.36. The fourth-order valence-electron chi connectivity index (χ4n) is 4.61. The Morgan fingerprint density at radius 3 is 2.89 bits per heavy atom. The van der Waals surface area contributed by atoms with Crippen molar-refractivity contribution in [3.8, 4) is 17.0 Å². The molecule has 0 aliphatic carbocycles. The summed E-state index contributed by atoms with van der Waals surface area (Å²) in [5, 5.41) is 19.0. The van der Waals surface area contributed by atoms with Crippen LogP contribution in [0, 0.1) is 5.82 Å². The van der Waals surface area contributed by atoms with Crippen molar-refractivity contribution in [2.75, 3.05) is 19.6 Å². The number of halogens is 1. The standard InChI is InChI=1S/C22H24FN3O2/c23-14-4-5-16-20(12-14)28-25-22(16)21-17-13-24-18(15(17)6-7-19(21)27)8-11-26-9-2-1-3-10-26/h4-7,12,18,24,27H,1-3,8-11,13H2. The van der Waals surface area contributed by atoms with Crippen molar-refractivity contribution in [1.29, 1.82) is 0 Å². The molecular weight excluding hydrogens is 357 g/mol. The number of rotatable bonds is 4. The van der Waals surface area contributed by atoms with Gasteiger partial charge < -0.3 is 19.8 Å². The number of piperidine rings is 1. The van der Waals surface area contributed by atoms with Gasteiger partial charge in [0.05, 0.1) is 10.9 Å². The van der Waals surface area contributed by atoms with E-state index >= 15 is 0 Å². The van der Waals surface area contributed by atoms with E-state index in [-0.39, 0.29) is 17.6 Å². The first-order valence-corrected chi connectivity index (χ1v) is 10.1. The van der Waals surface area contributed by atoms with Crippen molar-refractivity contribution in [2.45, 2.75) is 38.3 Å². The quantitative estimate of drug-likeness (QED) is 0.703. The van der Waals surface area contributed by atoms with Crippen LogP contribution in [-0.4, -0.2) is 34.8 Å². The molecule has 1 aromatic heterocycles. The molecule has 1 fully saturated rings. The molecule has 5 rings (SSSR count). The molecule has 1 saturated heterocycles. The molecule has 2 N–H and O–H groups in total. The zero-order valence-corrected chi connectivity index (χ0v) is 15.7. The first-order chi connectivity index (χ1) is 13.7. The van der Waals surface area contributed by atoms with E-state index in [1.807, 2.05) is 6.07 Å². The van der Waals surface area contributed by atoms with E-state index in [0.717, 1.165) is 18.5 Å². The van der Waals surface area contributed by atoms with E-state index in [9.17, 15) is 9.50 Å². The maximum atomic E-state index is 13.5. The molecular formula is C22H24FN3O2. The second-order valence-corrected chi connectivity index (χ2v) is 7.82. The van der Waals surface area contributed by atoms with Crippen LogP contribution >= 0.6 is 0 Å². The number of hydrogen-bond donors (Lipinski definition) is 2. The second-order valence-electron chi connectivity index (χ2n) is 7.82. The van der Waals surface area contributed by atoms with Crippen LogP contribution in [0.4, 0.5) is 4.39 Å². The summed E-state index contributed by atoms with van der Waals surface area (Å²) >= 11 is 0. The molecule has 5 nitrogen and oxygen atoms in total. The van der Waals surface area contributed by atoms with Gasteiger partial charge in [-0.1, -0.05) is 17.6 Å². The van der Waals surface area contributed by atoms with Crippen LogP contribution in [0.25, 0.3) is 22.2 Å². The number of benzene rings is 2. The average molecular weight is 381 g/mol. The Bertz CT molecular complexity index is 1010. The van der Waals surface area contributed by atoms with Gasteiger partial charge in [0.25, 0.3) is 0 Å². The molecule has 0 bridgehead atoms. The van der Waals surface area contributed by atoms with Crippen molar-refractivity contribution in [3.05, 3.63) is 47.3 Å². The number of likely N-dealkylation sites (tertiary alicyclic amines) is 1. The number of fused-ring (bicyclic) bond motifs is 2. The number of phenolic OH excluding ortho intramolecular Hbond substituents is 1. The minimum absolute atomic E-state index is 0.178. The SMILES string of the molecule is Oc1ccc2c(c1-c1noc3cc(F)ccc13)CNC2CCN1CCCCC1. The number of aromatic nitrogens is 1. The van der Waals surface area contributed by atoms with E-state index < -0.39 is 0 Å². The summed E-state index contributed by atoms with van der Waals surface area (Å²) in [4.78, 5) is 2.55. The van der Waals surface area contributed by atoms with Crippen molar-refractivity contribution in [3.63, 3.8) is 0 Å². The Labute approximate surface area is 163 Å². The Morgan fingerprint density at radius 1 is 1.18 bits per heavy atom. The molecule has 1 unspecified atom stereocenters. The summed E-state index contributed by atoms with van der Waals surface area (Å²) in [6.07, 6.45) is 4.99.